The number of hydrogen-bond donors (Lipinski definition) is 0. The molecule has 7 nitrogen and oxygen atoms in total. The lowest BCUT2D eigenvalue weighted by molar-refractivity contribution is 0.190. The fourth-order valence-electron chi connectivity index (χ4n) is 4.53. The van der Waals surface area contributed by atoms with Crippen molar-refractivity contribution in [3.63, 3.8) is 0 Å². The van der Waals surface area contributed by atoms with Gasteiger partial charge in [0.05, 0.1) is 5.75 Å². The predicted octanol–water partition coefficient (Wildman–Crippen LogP) is 3.37. The number of hydrogen-bond acceptors (Lipinski definition) is 6. The molecular formula is C22H32N4O3S. The summed E-state index contributed by atoms with van der Waals surface area (Å²) in [6, 6.07) is 10.3. The second-order valence-electron chi connectivity index (χ2n) is 8.35. The first-order chi connectivity index (χ1) is 14.6. The van der Waals surface area contributed by atoms with E-state index in [0.717, 1.165) is 58.2 Å². The van der Waals surface area contributed by atoms with E-state index in [1.807, 2.05) is 0 Å². The normalized spacial score (nSPS) is 22.4. The van der Waals surface area contributed by atoms with Crippen LogP contribution in [0.25, 0.3) is 0 Å². The van der Waals surface area contributed by atoms with E-state index in [1.165, 1.54) is 5.56 Å². The molecule has 0 radical (unpaired) electrons. The minimum absolute atomic E-state index is 0.103. The standard InChI is InChI=1S/C22H32N4O3S/c1-2-30(27,28)26-14-7-6-10-20(26)22-24-23-21(29-22)19-12-16-25(17-13-19)15-11-18-8-4-3-5-9-18/h3-5,8-9,19-20H,2,6-7,10-17H2,1H3. The van der Waals surface area contributed by atoms with Crippen molar-refractivity contribution in [2.24, 2.45) is 0 Å². The van der Waals surface area contributed by atoms with E-state index in [2.05, 4.69) is 45.4 Å². The van der Waals surface area contributed by atoms with Crippen LogP contribution in [0.1, 0.15) is 68.3 Å². The molecule has 2 fully saturated rings. The zero-order chi connectivity index (χ0) is 21.0. The van der Waals surface area contributed by atoms with Crippen LogP contribution in [0.2, 0.25) is 0 Å². The summed E-state index contributed by atoms with van der Waals surface area (Å²) in [5.41, 5.74) is 1.38. The van der Waals surface area contributed by atoms with E-state index in [1.54, 1.807) is 11.2 Å². The number of aromatic nitrogens is 2. The maximum Gasteiger partial charge on any atom is 0.234 e. The van der Waals surface area contributed by atoms with Gasteiger partial charge in [-0.1, -0.05) is 36.8 Å². The highest BCUT2D eigenvalue weighted by atomic mass is 32.2. The lowest BCUT2D eigenvalue weighted by Gasteiger charge is -2.32. The topological polar surface area (TPSA) is 79.5 Å². The summed E-state index contributed by atoms with van der Waals surface area (Å²) in [5.74, 6) is 1.51. The Morgan fingerprint density at radius 1 is 1.00 bits per heavy atom. The number of nitrogens with zero attached hydrogens (tertiary/aromatic N) is 4. The van der Waals surface area contributed by atoms with Crippen LogP contribution in [-0.2, 0) is 16.4 Å². The van der Waals surface area contributed by atoms with Gasteiger partial charge in [-0.2, -0.15) is 4.31 Å². The van der Waals surface area contributed by atoms with Crippen molar-refractivity contribution in [1.29, 1.82) is 0 Å². The molecule has 2 saturated heterocycles. The Balaban J connectivity index is 1.34. The highest BCUT2D eigenvalue weighted by molar-refractivity contribution is 7.89. The van der Waals surface area contributed by atoms with Crippen molar-refractivity contribution in [3.05, 3.63) is 47.7 Å². The lowest BCUT2D eigenvalue weighted by Crippen LogP contribution is -2.39. The van der Waals surface area contributed by atoms with Gasteiger partial charge in [-0.3, -0.25) is 0 Å². The molecule has 164 valence electrons. The molecular weight excluding hydrogens is 400 g/mol. The summed E-state index contributed by atoms with van der Waals surface area (Å²) >= 11 is 0. The molecule has 0 amide bonds. The summed E-state index contributed by atoms with van der Waals surface area (Å²) < 4.78 is 32.6. The quantitative estimate of drug-likeness (QED) is 0.667. The van der Waals surface area contributed by atoms with Crippen molar-refractivity contribution in [2.75, 3.05) is 31.9 Å². The zero-order valence-corrected chi connectivity index (χ0v) is 18.6. The van der Waals surface area contributed by atoms with Crippen molar-refractivity contribution >= 4 is 10.0 Å². The van der Waals surface area contributed by atoms with Gasteiger partial charge in [-0.25, -0.2) is 8.42 Å². The summed E-state index contributed by atoms with van der Waals surface area (Å²) in [4.78, 5) is 2.50. The minimum Gasteiger partial charge on any atom is -0.423 e. The Labute approximate surface area is 179 Å². The minimum atomic E-state index is -3.27. The fourth-order valence-corrected chi connectivity index (χ4v) is 5.85. The molecule has 1 aromatic carbocycles. The maximum atomic E-state index is 12.5. The molecule has 1 aromatic heterocycles. The molecule has 4 rings (SSSR count). The number of benzene rings is 1. The van der Waals surface area contributed by atoms with Crippen LogP contribution >= 0.6 is 0 Å². The average Bonchev–Trinajstić information content (AvgIpc) is 3.29. The van der Waals surface area contributed by atoms with Crippen molar-refractivity contribution in [2.45, 2.75) is 57.4 Å². The van der Waals surface area contributed by atoms with Gasteiger partial charge in [0.15, 0.2) is 0 Å². The van der Waals surface area contributed by atoms with E-state index >= 15 is 0 Å². The van der Waals surface area contributed by atoms with Gasteiger partial charge in [-0.15, -0.1) is 10.2 Å². The SMILES string of the molecule is CCS(=O)(=O)N1CCCCC1c1nnc(C2CCN(CCc3ccccc3)CC2)o1. The molecule has 0 saturated carbocycles. The highest BCUT2D eigenvalue weighted by Gasteiger charge is 2.36. The molecule has 0 bridgehead atoms. The lowest BCUT2D eigenvalue weighted by atomic mass is 9.96. The Bertz CT molecular complexity index is 907. The Kier molecular flexibility index (Phi) is 6.85. The highest BCUT2D eigenvalue weighted by Crippen LogP contribution is 2.34. The van der Waals surface area contributed by atoms with E-state index in [9.17, 15) is 8.42 Å². The second kappa shape index (κ2) is 9.58. The third-order valence-electron chi connectivity index (χ3n) is 6.41. The summed E-state index contributed by atoms with van der Waals surface area (Å²) in [6.45, 7) is 5.34. The van der Waals surface area contributed by atoms with Crippen LogP contribution < -0.4 is 0 Å². The molecule has 2 aliphatic heterocycles. The fraction of sp³-hybridized carbons (Fsp3) is 0.636. The first-order valence-electron chi connectivity index (χ1n) is 11.2. The number of sulfonamides is 1. The first-order valence-corrected chi connectivity index (χ1v) is 12.8. The predicted molar refractivity (Wildman–Crippen MR) is 116 cm³/mol. The summed E-state index contributed by atoms with van der Waals surface area (Å²) in [7, 11) is -3.27. The molecule has 1 unspecified atom stereocenters. The van der Waals surface area contributed by atoms with Gasteiger partial charge in [0.25, 0.3) is 0 Å². The Hall–Kier alpha value is -1.77. The molecule has 3 heterocycles. The van der Waals surface area contributed by atoms with E-state index in [4.69, 9.17) is 4.42 Å². The van der Waals surface area contributed by atoms with E-state index in [0.29, 0.717) is 18.3 Å². The van der Waals surface area contributed by atoms with Crippen molar-refractivity contribution in [3.8, 4) is 0 Å². The van der Waals surface area contributed by atoms with E-state index in [-0.39, 0.29) is 17.7 Å². The summed E-state index contributed by atoms with van der Waals surface area (Å²) in [5, 5.41) is 8.59. The van der Waals surface area contributed by atoms with Gasteiger partial charge in [0.1, 0.15) is 6.04 Å². The van der Waals surface area contributed by atoms with E-state index < -0.39 is 10.0 Å². The first kappa shape index (κ1) is 21.5. The second-order valence-corrected chi connectivity index (χ2v) is 10.6. The van der Waals surface area contributed by atoms with Crippen LogP contribution in [0.15, 0.2) is 34.7 Å². The molecule has 1 atom stereocenters. The Morgan fingerprint density at radius 2 is 1.73 bits per heavy atom. The number of piperidine rings is 2. The van der Waals surface area contributed by atoms with Crippen LogP contribution in [0, 0.1) is 0 Å². The van der Waals surface area contributed by atoms with Crippen LogP contribution in [0.5, 0.6) is 0 Å². The van der Waals surface area contributed by atoms with Gasteiger partial charge in [0, 0.05) is 19.0 Å². The number of rotatable bonds is 7. The molecule has 30 heavy (non-hydrogen) atoms. The van der Waals surface area contributed by atoms with Crippen LogP contribution in [0.4, 0.5) is 0 Å². The smallest absolute Gasteiger partial charge is 0.234 e. The van der Waals surface area contributed by atoms with Gasteiger partial charge < -0.3 is 9.32 Å². The van der Waals surface area contributed by atoms with Gasteiger partial charge in [-0.05, 0) is 57.7 Å². The van der Waals surface area contributed by atoms with Crippen LogP contribution in [-0.4, -0.2) is 59.8 Å². The maximum absolute atomic E-state index is 12.5. The van der Waals surface area contributed by atoms with Gasteiger partial charge >= 0.3 is 0 Å². The largest absolute Gasteiger partial charge is 0.423 e. The molecule has 0 N–H and O–H groups in total. The molecule has 8 heteroatoms. The third kappa shape index (κ3) is 4.92. The van der Waals surface area contributed by atoms with Crippen LogP contribution in [0.3, 0.4) is 0 Å². The third-order valence-corrected chi connectivity index (χ3v) is 8.29. The van der Waals surface area contributed by atoms with Crippen molar-refractivity contribution < 1.29 is 12.8 Å². The number of likely N-dealkylation sites (tertiary alicyclic amines) is 1. The van der Waals surface area contributed by atoms with Crippen molar-refractivity contribution in [1.82, 2.24) is 19.4 Å². The molecule has 0 aliphatic carbocycles. The molecule has 0 spiro atoms. The average molecular weight is 433 g/mol. The summed E-state index contributed by atoms with van der Waals surface area (Å²) in [6.07, 6.45) is 5.69. The zero-order valence-electron chi connectivity index (χ0n) is 17.7. The molecule has 2 aliphatic rings. The molecule has 2 aromatic rings. The van der Waals surface area contributed by atoms with Gasteiger partial charge in [0.2, 0.25) is 21.8 Å². The monoisotopic (exact) mass is 432 g/mol. The Morgan fingerprint density at radius 3 is 2.47 bits per heavy atom.